The molecule has 0 unspecified atom stereocenters. The minimum atomic E-state index is -0.244. The quantitative estimate of drug-likeness (QED) is 0.455. The smallest absolute Gasteiger partial charge is 0.260 e. The molecule has 2 heterocycles. The summed E-state index contributed by atoms with van der Waals surface area (Å²) >= 11 is 1.46. The second-order valence-corrected chi connectivity index (χ2v) is 9.52. The highest BCUT2D eigenvalue weighted by molar-refractivity contribution is 7.22. The first-order chi connectivity index (χ1) is 16.3. The van der Waals surface area contributed by atoms with Crippen LogP contribution in [0.1, 0.15) is 35.2 Å². The summed E-state index contributed by atoms with van der Waals surface area (Å²) in [4.78, 5) is 47.8. The van der Waals surface area contributed by atoms with Gasteiger partial charge in [0.2, 0.25) is 11.8 Å². The summed E-state index contributed by atoms with van der Waals surface area (Å²) in [7, 11) is 5.59. The minimum Gasteiger partial charge on any atom is -0.494 e. The fraction of sp³-hybridized carbons (Fsp3) is 0.360. The number of anilines is 2. The molecule has 0 spiro atoms. The van der Waals surface area contributed by atoms with Crippen LogP contribution in [-0.2, 0) is 9.59 Å². The maximum atomic E-state index is 13.7. The number of methoxy groups -OCH3 is 1. The van der Waals surface area contributed by atoms with E-state index in [-0.39, 0.29) is 30.6 Å². The molecular weight excluding hydrogens is 452 g/mol. The van der Waals surface area contributed by atoms with E-state index in [1.807, 2.05) is 33.2 Å². The highest BCUT2D eigenvalue weighted by atomic mass is 32.1. The van der Waals surface area contributed by atoms with E-state index in [0.29, 0.717) is 28.7 Å². The lowest BCUT2D eigenvalue weighted by atomic mass is 10.1. The van der Waals surface area contributed by atoms with Crippen molar-refractivity contribution in [3.8, 4) is 5.75 Å². The zero-order chi connectivity index (χ0) is 24.4. The van der Waals surface area contributed by atoms with E-state index in [1.165, 1.54) is 16.2 Å². The first-order valence-corrected chi connectivity index (χ1v) is 12.0. The van der Waals surface area contributed by atoms with Gasteiger partial charge in [-0.15, -0.1) is 0 Å². The number of aryl methyl sites for hydroxylation is 1. The molecule has 3 amide bonds. The molecule has 1 aromatic heterocycles. The lowest BCUT2D eigenvalue weighted by Gasteiger charge is -2.22. The van der Waals surface area contributed by atoms with Gasteiger partial charge in [0.1, 0.15) is 11.3 Å². The summed E-state index contributed by atoms with van der Waals surface area (Å²) in [5.74, 6) is -0.0513. The molecule has 8 nitrogen and oxygen atoms in total. The van der Waals surface area contributed by atoms with Crippen LogP contribution in [0.2, 0.25) is 0 Å². The third kappa shape index (κ3) is 4.67. The maximum Gasteiger partial charge on any atom is 0.260 e. The molecule has 0 saturated carbocycles. The molecule has 3 aromatic rings. The molecule has 0 aliphatic carbocycles. The van der Waals surface area contributed by atoms with Crippen LogP contribution < -0.4 is 14.5 Å². The van der Waals surface area contributed by atoms with E-state index >= 15 is 0 Å². The van der Waals surface area contributed by atoms with Crippen LogP contribution in [0.5, 0.6) is 5.75 Å². The average Bonchev–Trinajstić information content (AvgIpc) is 3.40. The highest BCUT2D eigenvalue weighted by Gasteiger charge is 2.31. The van der Waals surface area contributed by atoms with Crippen molar-refractivity contribution in [2.45, 2.75) is 26.2 Å². The highest BCUT2D eigenvalue weighted by Crippen LogP contribution is 2.37. The van der Waals surface area contributed by atoms with Crippen LogP contribution >= 0.6 is 11.3 Å². The number of aromatic nitrogens is 1. The van der Waals surface area contributed by atoms with Gasteiger partial charge in [0, 0.05) is 24.9 Å². The number of thiazole rings is 1. The fourth-order valence-electron chi connectivity index (χ4n) is 4.01. The summed E-state index contributed by atoms with van der Waals surface area (Å²) in [6, 6.07) is 10.6. The summed E-state index contributed by atoms with van der Waals surface area (Å²) < 4.78 is 6.46. The third-order valence-corrected chi connectivity index (χ3v) is 6.99. The Kier molecular flexibility index (Phi) is 6.95. The number of hydrogen-bond donors (Lipinski definition) is 0. The van der Waals surface area contributed by atoms with Gasteiger partial charge >= 0.3 is 0 Å². The molecule has 1 fully saturated rings. The SMILES string of the molecule is COc1ccc(C)c2sc(N(CCCN(C)C)C(=O)c3cccc(N4C(=O)CCC4=O)c3)nc12. The zero-order valence-corrected chi connectivity index (χ0v) is 20.6. The predicted octanol–water partition coefficient (Wildman–Crippen LogP) is 3.87. The lowest BCUT2D eigenvalue weighted by Crippen LogP contribution is -2.34. The van der Waals surface area contributed by atoms with Crippen LogP contribution in [-0.4, -0.2) is 61.9 Å². The van der Waals surface area contributed by atoms with Crippen LogP contribution in [0.4, 0.5) is 10.8 Å². The van der Waals surface area contributed by atoms with E-state index in [2.05, 4.69) is 4.90 Å². The van der Waals surface area contributed by atoms with Crippen molar-refractivity contribution in [3.05, 3.63) is 47.5 Å². The number of carbonyl (C=O) groups is 3. The Morgan fingerprint density at radius 2 is 1.85 bits per heavy atom. The number of hydrogen-bond acceptors (Lipinski definition) is 7. The molecule has 1 aliphatic heterocycles. The predicted molar refractivity (Wildman–Crippen MR) is 134 cm³/mol. The van der Waals surface area contributed by atoms with Gasteiger partial charge in [-0.1, -0.05) is 23.5 Å². The summed E-state index contributed by atoms with van der Waals surface area (Å²) in [6.07, 6.45) is 1.15. The van der Waals surface area contributed by atoms with Gasteiger partial charge in [-0.2, -0.15) is 0 Å². The Balaban J connectivity index is 1.72. The summed E-state index contributed by atoms with van der Waals surface area (Å²) in [5.41, 5.74) is 2.62. The molecule has 1 saturated heterocycles. The lowest BCUT2D eigenvalue weighted by molar-refractivity contribution is -0.121. The number of benzene rings is 2. The van der Waals surface area contributed by atoms with Crippen molar-refractivity contribution >= 4 is 50.1 Å². The van der Waals surface area contributed by atoms with E-state index < -0.39 is 0 Å². The summed E-state index contributed by atoms with van der Waals surface area (Å²) in [5, 5.41) is 0.588. The van der Waals surface area contributed by atoms with Gasteiger partial charge in [0.25, 0.3) is 5.91 Å². The Morgan fingerprint density at radius 3 is 2.53 bits per heavy atom. The number of nitrogens with zero attached hydrogens (tertiary/aromatic N) is 4. The number of carbonyl (C=O) groups excluding carboxylic acids is 3. The molecule has 1 aliphatic rings. The van der Waals surface area contributed by atoms with Gasteiger partial charge in [0.05, 0.1) is 17.5 Å². The maximum absolute atomic E-state index is 13.7. The van der Waals surface area contributed by atoms with Gasteiger partial charge in [-0.05, 0) is 63.8 Å². The van der Waals surface area contributed by atoms with Gasteiger partial charge in [0.15, 0.2) is 5.13 Å². The molecular formula is C25H28N4O4S. The fourth-order valence-corrected chi connectivity index (χ4v) is 5.08. The van der Waals surface area contributed by atoms with Crippen LogP contribution in [0, 0.1) is 6.92 Å². The molecule has 4 rings (SSSR count). The minimum absolute atomic E-state index is 0.195. The van der Waals surface area contributed by atoms with E-state index in [1.54, 1.807) is 36.3 Å². The monoisotopic (exact) mass is 480 g/mol. The number of fused-ring (bicyclic) bond motifs is 1. The van der Waals surface area contributed by atoms with E-state index in [4.69, 9.17) is 9.72 Å². The number of ether oxygens (including phenoxy) is 1. The molecule has 9 heteroatoms. The van der Waals surface area contributed by atoms with Crippen molar-refractivity contribution in [1.82, 2.24) is 9.88 Å². The van der Waals surface area contributed by atoms with Crippen LogP contribution in [0.3, 0.4) is 0 Å². The first-order valence-electron chi connectivity index (χ1n) is 11.2. The van der Waals surface area contributed by atoms with Crippen molar-refractivity contribution in [1.29, 1.82) is 0 Å². The molecule has 0 radical (unpaired) electrons. The number of amides is 3. The van der Waals surface area contributed by atoms with Crippen molar-refractivity contribution in [2.75, 3.05) is 44.1 Å². The Hall–Kier alpha value is -3.30. The van der Waals surface area contributed by atoms with Gasteiger partial charge in [-0.25, -0.2) is 4.98 Å². The molecule has 178 valence electrons. The molecule has 2 aromatic carbocycles. The third-order valence-electron chi connectivity index (χ3n) is 5.78. The van der Waals surface area contributed by atoms with Gasteiger partial charge in [-0.3, -0.25) is 24.2 Å². The zero-order valence-electron chi connectivity index (χ0n) is 19.8. The van der Waals surface area contributed by atoms with Crippen LogP contribution in [0.15, 0.2) is 36.4 Å². The second-order valence-electron chi connectivity index (χ2n) is 8.55. The molecule has 0 atom stereocenters. The Labute approximate surface area is 202 Å². The van der Waals surface area contributed by atoms with Crippen LogP contribution in [0.25, 0.3) is 10.2 Å². The Morgan fingerprint density at radius 1 is 1.12 bits per heavy atom. The largest absolute Gasteiger partial charge is 0.494 e. The van der Waals surface area contributed by atoms with Crippen molar-refractivity contribution < 1.29 is 19.1 Å². The van der Waals surface area contributed by atoms with Crippen molar-refractivity contribution in [3.63, 3.8) is 0 Å². The normalized spacial score (nSPS) is 13.9. The number of imide groups is 1. The molecule has 0 bridgehead atoms. The first kappa shape index (κ1) is 23.8. The van der Waals surface area contributed by atoms with Gasteiger partial charge < -0.3 is 9.64 Å². The number of rotatable bonds is 8. The molecule has 0 N–H and O–H groups in total. The average molecular weight is 481 g/mol. The Bertz CT molecular complexity index is 1240. The second kappa shape index (κ2) is 9.90. The summed E-state index contributed by atoms with van der Waals surface area (Å²) in [6.45, 7) is 3.30. The topological polar surface area (TPSA) is 83.0 Å². The van der Waals surface area contributed by atoms with E-state index in [9.17, 15) is 14.4 Å². The van der Waals surface area contributed by atoms with Crippen molar-refractivity contribution in [2.24, 2.45) is 0 Å². The standard InChI is InChI=1S/C25H28N4O4S/c1-16-9-10-19(33-4)22-23(16)34-25(26-22)28(14-6-13-27(2)3)24(32)17-7-5-8-18(15-17)29-20(30)11-12-21(29)31/h5,7-10,15H,6,11-14H2,1-4H3. The van der Waals surface area contributed by atoms with E-state index in [0.717, 1.165) is 28.7 Å². The molecule has 34 heavy (non-hydrogen) atoms.